The van der Waals surface area contributed by atoms with E-state index in [0.29, 0.717) is 0 Å². The van der Waals surface area contributed by atoms with Gasteiger partial charge < -0.3 is 0 Å². The number of imidazole rings is 1. The maximum Gasteiger partial charge on any atom is 0.194 e. The van der Waals surface area contributed by atoms with Gasteiger partial charge in [-0.15, -0.1) is 22.7 Å². The van der Waals surface area contributed by atoms with Gasteiger partial charge in [0.05, 0.1) is 16.4 Å². The molecular formula is C10H9N3S2. The topological polar surface area (TPSA) is 30.2 Å². The van der Waals surface area contributed by atoms with E-state index < -0.39 is 0 Å². The molecule has 3 aromatic rings. The molecule has 3 aromatic heterocycles. The van der Waals surface area contributed by atoms with E-state index in [9.17, 15) is 0 Å². The summed E-state index contributed by atoms with van der Waals surface area (Å²) in [5.41, 5.74) is 3.20. The number of aryl methyl sites for hydroxylation is 2. The van der Waals surface area contributed by atoms with Gasteiger partial charge in [0.25, 0.3) is 0 Å². The fraction of sp³-hybridized carbons (Fsp3) is 0.200. The number of thiazole rings is 2. The fourth-order valence-electron chi connectivity index (χ4n) is 1.67. The lowest BCUT2D eigenvalue weighted by molar-refractivity contribution is 1.18. The van der Waals surface area contributed by atoms with Crippen molar-refractivity contribution in [3.8, 4) is 11.4 Å². The van der Waals surface area contributed by atoms with Crippen LogP contribution >= 0.6 is 22.7 Å². The third-order valence-corrected chi connectivity index (χ3v) is 3.83. The summed E-state index contributed by atoms with van der Waals surface area (Å²) in [6, 6.07) is 0. The van der Waals surface area contributed by atoms with Gasteiger partial charge in [-0.05, 0) is 13.8 Å². The molecule has 0 unspecified atom stereocenters. The molecule has 0 aliphatic heterocycles. The second-order valence-electron chi connectivity index (χ2n) is 3.35. The standard InChI is InChI=1S/C10H9N3S2/c1-6-9(8-5-15-7(2)12-8)13-3-4-14-10(13)11-6/h3-5H,1-2H3. The average Bonchev–Trinajstić information content (AvgIpc) is 2.81. The van der Waals surface area contributed by atoms with E-state index >= 15 is 0 Å². The summed E-state index contributed by atoms with van der Waals surface area (Å²) in [6.07, 6.45) is 2.05. The highest BCUT2D eigenvalue weighted by Crippen LogP contribution is 2.27. The van der Waals surface area contributed by atoms with Crippen LogP contribution in [0.2, 0.25) is 0 Å². The van der Waals surface area contributed by atoms with Crippen molar-refractivity contribution in [1.29, 1.82) is 0 Å². The molecular weight excluding hydrogens is 226 g/mol. The highest BCUT2D eigenvalue weighted by Gasteiger charge is 2.13. The fourth-order valence-corrected chi connectivity index (χ4v) is 3.03. The number of aromatic nitrogens is 3. The van der Waals surface area contributed by atoms with Crippen LogP contribution in [0.5, 0.6) is 0 Å². The first-order valence-corrected chi connectivity index (χ1v) is 6.36. The van der Waals surface area contributed by atoms with Crippen LogP contribution in [-0.4, -0.2) is 14.4 Å². The van der Waals surface area contributed by atoms with Crippen molar-refractivity contribution in [2.45, 2.75) is 13.8 Å². The van der Waals surface area contributed by atoms with Crippen molar-refractivity contribution >= 4 is 27.6 Å². The lowest BCUT2D eigenvalue weighted by Gasteiger charge is -1.95. The van der Waals surface area contributed by atoms with Crippen molar-refractivity contribution in [2.24, 2.45) is 0 Å². The summed E-state index contributed by atoms with van der Waals surface area (Å²) in [5.74, 6) is 0. The zero-order valence-corrected chi connectivity index (χ0v) is 10.0. The SMILES string of the molecule is Cc1nc(-c2c(C)nc3sccn23)cs1. The largest absolute Gasteiger partial charge is 0.288 e. The van der Waals surface area contributed by atoms with Crippen molar-refractivity contribution < 1.29 is 0 Å². The monoisotopic (exact) mass is 235 g/mol. The Bertz CT molecular complexity index is 617. The summed E-state index contributed by atoms with van der Waals surface area (Å²) in [4.78, 5) is 10.0. The lowest BCUT2D eigenvalue weighted by Crippen LogP contribution is -1.86. The summed E-state index contributed by atoms with van der Waals surface area (Å²) < 4.78 is 2.11. The van der Waals surface area contributed by atoms with Crippen molar-refractivity contribution in [1.82, 2.24) is 14.4 Å². The predicted octanol–water partition coefficient (Wildman–Crippen LogP) is 3.14. The zero-order chi connectivity index (χ0) is 10.4. The van der Waals surface area contributed by atoms with Gasteiger partial charge in [0.15, 0.2) is 4.96 Å². The van der Waals surface area contributed by atoms with Gasteiger partial charge >= 0.3 is 0 Å². The maximum absolute atomic E-state index is 4.51. The van der Waals surface area contributed by atoms with Crippen molar-refractivity contribution in [3.05, 3.63) is 27.7 Å². The first-order valence-electron chi connectivity index (χ1n) is 4.60. The molecule has 0 N–H and O–H groups in total. The molecule has 0 aliphatic rings. The average molecular weight is 235 g/mol. The smallest absolute Gasteiger partial charge is 0.194 e. The van der Waals surface area contributed by atoms with Gasteiger partial charge in [0.2, 0.25) is 0 Å². The molecule has 0 saturated heterocycles. The normalized spacial score (nSPS) is 11.3. The Kier molecular flexibility index (Phi) is 1.90. The summed E-state index contributed by atoms with van der Waals surface area (Å²) in [6.45, 7) is 4.05. The first-order chi connectivity index (χ1) is 7.25. The second kappa shape index (κ2) is 3.15. The minimum Gasteiger partial charge on any atom is -0.288 e. The van der Waals surface area contributed by atoms with Gasteiger partial charge in [-0.1, -0.05) is 0 Å². The van der Waals surface area contributed by atoms with Gasteiger partial charge in [0.1, 0.15) is 5.69 Å². The molecule has 0 atom stereocenters. The molecule has 0 aromatic carbocycles. The molecule has 3 heterocycles. The highest BCUT2D eigenvalue weighted by molar-refractivity contribution is 7.15. The molecule has 76 valence electrons. The van der Waals surface area contributed by atoms with Crippen LogP contribution in [0.25, 0.3) is 16.3 Å². The third kappa shape index (κ3) is 1.31. The van der Waals surface area contributed by atoms with Crippen LogP contribution in [0.1, 0.15) is 10.7 Å². The molecule has 15 heavy (non-hydrogen) atoms. The Balaban J connectivity index is 2.33. The Hall–Kier alpha value is -1.20. The van der Waals surface area contributed by atoms with Gasteiger partial charge in [-0.25, -0.2) is 9.97 Å². The summed E-state index contributed by atoms with van der Waals surface area (Å²) in [7, 11) is 0. The van der Waals surface area contributed by atoms with E-state index in [1.165, 1.54) is 0 Å². The number of hydrogen-bond donors (Lipinski definition) is 0. The summed E-state index contributed by atoms with van der Waals surface area (Å²) in [5, 5.41) is 5.23. The van der Waals surface area contributed by atoms with Crippen LogP contribution in [0.15, 0.2) is 17.0 Å². The number of hydrogen-bond acceptors (Lipinski definition) is 4. The zero-order valence-electron chi connectivity index (χ0n) is 8.39. The minimum atomic E-state index is 1.03. The Morgan fingerprint density at radius 3 is 2.80 bits per heavy atom. The van der Waals surface area contributed by atoms with Crippen LogP contribution < -0.4 is 0 Å². The molecule has 0 spiro atoms. The second-order valence-corrected chi connectivity index (χ2v) is 5.29. The molecule has 0 radical (unpaired) electrons. The molecule has 0 aliphatic carbocycles. The van der Waals surface area contributed by atoms with E-state index in [-0.39, 0.29) is 0 Å². The van der Waals surface area contributed by atoms with E-state index in [4.69, 9.17) is 0 Å². The number of fused-ring (bicyclic) bond motifs is 1. The first kappa shape index (κ1) is 9.06. The predicted molar refractivity (Wildman–Crippen MR) is 63.7 cm³/mol. The van der Waals surface area contributed by atoms with E-state index in [1.54, 1.807) is 22.7 Å². The Labute approximate surface area is 95.1 Å². The molecule has 5 heteroatoms. The van der Waals surface area contributed by atoms with E-state index in [2.05, 4.69) is 19.7 Å². The number of rotatable bonds is 1. The van der Waals surface area contributed by atoms with Crippen LogP contribution in [0, 0.1) is 13.8 Å². The molecule has 3 nitrogen and oxygen atoms in total. The minimum absolute atomic E-state index is 1.03. The van der Waals surface area contributed by atoms with Crippen LogP contribution in [0.3, 0.4) is 0 Å². The quantitative estimate of drug-likeness (QED) is 0.648. The third-order valence-electron chi connectivity index (χ3n) is 2.30. The van der Waals surface area contributed by atoms with E-state index in [0.717, 1.165) is 27.1 Å². The molecule has 0 saturated carbocycles. The van der Waals surface area contributed by atoms with Crippen LogP contribution in [-0.2, 0) is 0 Å². The molecule has 3 rings (SSSR count). The van der Waals surface area contributed by atoms with Crippen LogP contribution in [0.4, 0.5) is 0 Å². The lowest BCUT2D eigenvalue weighted by atomic mass is 10.3. The molecule has 0 bridgehead atoms. The van der Waals surface area contributed by atoms with Gasteiger partial charge in [-0.3, -0.25) is 4.40 Å². The summed E-state index contributed by atoms with van der Waals surface area (Å²) >= 11 is 3.32. The maximum atomic E-state index is 4.51. The van der Waals surface area contributed by atoms with Crippen molar-refractivity contribution in [2.75, 3.05) is 0 Å². The van der Waals surface area contributed by atoms with E-state index in [1.807, 2.05) is 25.4 Å². The van der Waals surface area contributed by atoms with Gasteiger partial charge in [-0.2, -0.15) is 0 Å². The van der Waals surface area contributed by atoms with Crippen molar-refractivity contribution in [3.63, 3.8) is 0 Å². The number of nitrogens with zero attached hydrogens (tertiary/aromatic N) is 3. The highest BCUT2D eigenvalue weighted by atomic mass is 32.1. The van der Waals surface area contributed by atoms with Gasteiger partial charge in [0, 0.05) is 17.0 Å². The molecule has 0 amide bonds. The Morgan fingerprint density at radius 1 is 1.20 bits per heavy atom. The molecule has 0 fully saturated rings. The Morgan fingerprint density at radius 2 is 2.07 bits per heavy atom.